The molecule has 2 N–H and O–H groups in total. The molecule has 1 aliphatic heterocycles. The third kappa shape index (κ3) is 3.39. The largest absolute Gasteiger partial charge is 0.334 e. The second kappa shape index (κ2) is 5.96. The SMILES string of the molecule is NS(=O)(=O)c1ccc2c(c1)CN(C(=O)c1ccc(Cl)cc1)CC2. The molecule has 0 saturated heterocycles. The summed E-state index contributed by atoms with van der Waals surface area (Å²) < 4.78 is 22.9. The van der Waals surface area contributed by atoms with E-state index in [4.69, 9.17) is 16.7 Å². The first-order valence-electron chi connectivity index (χ1n) is 7.04. The lowest BCUT2D eigenvalue weighted by atomic mass is 9.99. The van der Waals surface area contributed by atoms with Crippen molar-refractivity contribution < 1.29 is 13.2 Å². The van der Waals surface area contributed by atoms with Crippen molar-refractivity contribution in [2.24, 2.45) is 5.14 Å². The average Bonchev–Trinajstić information content (AvgIpc) is 2.53. The van der Waals surface area contributed by atoms with Gasteiger partial charge >= 0.3 is 0 Å². The molecule has 1 heterocycles. The van der Waals surface area contributed by atoms with Gasteiger partial charge in [0.05, 0.1) is 4.90 Å². The molecule has 0 saturated carbocycles. The molecule has 1 amide bonds. The molecule has 1 aliphatic rings. The topological polar surface area (TPSA) is 80.5 Å². The van der Waals surface area contributed by atoms with Crippen molar-refractivity contribution in [1.82, 2.24) is 4.90 Å². The fraction of sp³-hybridized carbons (Fsp3) is 0.188. The van der Waals surface area contributed by atoms with Crippen LogP contribution in [0, 0.1) is 0 Å². The Balaban J connectivity index is 1.87. The van der Waals surface area contributed by atoms with E-state index in [1.807, 2.05) is 0 Å². The van der Waals surface area contributed by atoms with Crippen molar-refractivity contribution in [3.05, 3.63) is 64.2 Å². The number of nitrogens with zero attached hydrogens (tertiary/aromatic N) is 1. The third-order valence-electron chi connectivity index (χ3n) is 3.90. The van der Waals surface area contributed by atoms with Gasteiger partial charge in [0.2, 0.25) is 10.0 Å². The van der Waals surface area contributed by atoms with E-state index in [0.717, 1.165) is 11.1 Å². The zero-order valence-electron chi connectivity index (χ0n) is 12.2. The summed E-state index contributed by atoms with van der Waals surface area (Å²) in [4.78, 5) is 14.3. The van der Waals surface area contributed by atoms with Crippen LogP contribution in [0.15, 0.2) is 47.4 Å². The third-order valence-corrected chi connectivity index (χ3v) is 5.06. The van der Waals surface area contributed by atoms with Crippen LogP contribution in [-0.2, 0) is 23.0 Å². The first-order valence-corrected chi connectivity index (χ1v) is 8.96. The lowest BCUT2D eigenvalue weighted by Crippen LogP contribution is -2.36. The van der Waals surface area contributed by atoms with Crippen molar-refractivity contribution in [1.29, 1.82) is 0 Å². The Hall–Kier alpha value is -1.89. The second-order valence-corrected chi connectivity index (χ2v) is 7.46. The van der Waals surface area contributed by atoms with E-state index in [1.165, 1.54) is 6.07 Å². The Kier molecular flexibility index (Phi) is 4.14. The molecule has 5 nitrogen and oxygen atoms in total. The fourth-order valence-electron chi connectivity index (χ4n) is 2.66. The van der Waals surface area contributed by atoms with Gasteiger partial charge in [0.1, 0.15) is 0 Å². The number of nitrogens with two attached hydrogens (primary N) is 1. The van der Waals surface area contributed by atoms with E-state index < -0.39 is 10.0 Å². The predicted octanol–water partition coefficient (Wildman–Crippen LogP) is 2.19. The van der Waals surface area contributed by atoms with Crippen LogP contribution >= 0.6 is 11.6 Å². The number of fused-ring (bicyclic) bond motifs is 1. The van der Waals surface area contributed by atoms with Gasteiger partial charge in [0.15, 0.2) is 0 Å². The summed E-state index contributed by atoms with van der Waals surface area (Å²) in [5.41, 5.74) is 2.41. The zero-order valence-corrected chi connectivity index (χ0v) is 13.8. The summed E-state index contributed by atoms with van der Waals surface area (Å²) >= 11 is 5.84. The fourth-order valence-corrected chi connectivity index (χ4v) is 3.35. The standard InChI is InChI=1S/C16H15ClN2O3S/c17-14-4-1-12(2-5-14)16(20)19-8-7-11-3-6-15(23(18,21)22)9-13(11)10-19/h1-6,9H,7-8,10H2,(H2,18,21,22). The normalized spacial score (nSPS) is 14.4. The molecule has 7 heteroatoms. The van der Waals surface area contributed by atoms with Crippen molar-refractivity contribution in [3.8, 4) is 0 Å². The predicted molar refractivity (Wildman–Crippen MR) is 87.7 cm³/mol. The molecule has 0 unspecified atom stereocenters. The minimum absolute atomic E-state index is 0.0667. The number of primary sulfonamides is 1. The van der Waals surface area contributed by atoms with Gasteiger partial charge in [-0.05, 0) is 53.9 Å². The zero-order chi connectivity index (χ0) is 16.6. The highest BCUT2D eigenvalue weighted by Gasteiger charge is 2.23. The summed E-state index contributed by atoms with van der Waals surface area (Å²) in [5, 5.41) is 5.74. The number of sulfonamides is 1. The molecule has 3 rings (SSSR count). The molecular weight excluding hydrogens is 336 g/mol. The Labute approximate surface area is 139 Å². The minimum Gasteiger partial charge on any atom is -0.334 e. The van der Waals surface area contributed by atoms with Gasteiger partial charge in [-0.1, -0.05) is 17.7 Å². The van der Waals surface area contributed by atoms with Crippen LogP contribution in [0.1, 0.15) is 21.5 Å². The molecule has 0 spiro atoms. The number of halogens is 1. The maximum absolute atomic E-state index is 12.5. The molecular formula is C16H15ClN2O3S. The molecule has 0 fully saturated rings. The van der Waals surface area contributed by atoms with E-state index in [2.05, 4.69) is 0 Å². The van der Waals surface area contributed by atoms with E-state index in [1.54, 1.807) is 41.3 Å². The van der Waals surface area contributed by atoms with E-state index >= 15 is 0 Å². The Morgan fingerprint density at radius 1 is 1.09 bits per heavy atom. The van der Waals surface area contributed by atoms with Crippen LogP contribution in [0.3, 0.4) is 0 Å². The minimum atomic E-state index is -3.75. The van der Waals surface area contributed by atoms with Gasteiger partial charge in [-0.25, -0.2) is 13.6 Å². The van der Waals surface area contributed by atoms with Crippen molar-refractivity contribution >= 4 is 27.5 Å². The number of hydrogen-bond acceptors (Lipinski definition) is 3. The maximum atomic E-state index is 12.5. The highest BCUT2D eigenvalue weighted by molar-refractivity contribution is 7.89. The highest BCUT2D eigenvalue weighted by Crippen LogP contribution is 2.23. The molecule has 0 aliphatic carbocycles. The molecule has 0 radical (unpaired) electrons. The second-order valence-electron chi connectivity index (χ2n) is 5.46. The van der Waals surface area contributed by atoms with Crippen LogP contribution in [-0.4, -0.2) is 25.8 Å². The first kappa shape index (κ1) is 16.0. The number of rotatable bonds is 2. The lowest BCUT2D eigenvalue weighted by Gasteiger charge is -2.29. The number of benzene rings is 2. The molecule has 0 bridgehead atoms. The molecule has 23 heavy (non-hydrogen) atoms. The van der Waals surface area contributed by atoms with Crippen molar-refractivity contribution in [2.75, 3.05) is 6.54 Å². The summed E-state index contributed by atoms with van der Waals surface area (Å²) in [6.45, 7) is 0.948. The molecule has 120 valence electrons. The quantitative estimate of drug-likeness (QED) is 0.901. The van der Waals surface area contributed by atoms with Gasteiger partial charge in [-0.2, -0.15) is 0 Å². The van der Waals surface area contributed by atoms with Gasteiger partial charge in [-0.15, -0.1) is 0 Å². The molecule has 2 aromatic rings. The van der Waals surface area contributed by atoms with E-state index in [-0.39, 0.29) is 10.8 Å². The van der Waals surface area contributed by atoms with Crippen LogP contribution in [0.25, 0.3) is 0 Å². The number of hydrogen-bond donors (Lipinski definition) is 1. The van der Waals surface area contributed by atoms with Gasteiger partial charge in [-0.3, -0.25) is 4.79 Å². The van der Waals surface area contributed by atoms with Gasteiger partial charge in [0.25, 0.3) is 5.91 Å². The van der Waals surface area contributed by atoms with E-state index in [9.17, 15) is 13.2 Å². The number of amides is 1. The van der Waals surface area contributed by atoms with Gasteiger partial charge < -0.3 is 4.90 Å². The lowest BCUT2D eigenvalue weighted by molar-refractivity contribution is 0.0734. The van der Waals surface area contributed by atoms with E-state index in [0.29, 0.717) is 30.1 Å². The van der Waals surface area contributed by atoms with Crippen LogP contribution in [0.2, 0.25) is 5.02 Å². The summed E-state index contributed by atoms with van der Waals surface area (Å²) in [6.07, 6.45) is 0.680. The smallest absolute Gasteiger partial charge is 0.254 e. The molecule has 2 aromatic carbocycles. The van der Waals surface area contributed by atoms with Crippen LogP contribution in [0.4, 0.5) is 0 Å². The Morgan fingerprint density at radius 3 is 2.43 bits per heavy atom. The first-order chi connectivity index (χ1) is 10.8. The van der Waals surface area contributed by atoms with Gasteiger partial charge in [0, 0.05) is 23.7 Å². The summed E-state index contributed by atoms with van der Waals surface area (Å²) in [6, 6.07) is 11.5. The summed E-state index contributed by atoms with van der Waals surface area (Å²) in [5.74, 6) is -0.103. The number of carbonyl (C=O) groups is 1. The van der Waals surface area contributed by atoms with Crippen molar-refractivity contribution in [3.63, 3.8) is 0 Å². The number of carbonyl (C=O) groups excluding carboxylic acids is 1. The highest BCUT2D eigenvalue weighted by atomic mass is 35.5. The maximum Gasteiger partial charge on any atom is 0.254 e. The molecule has 0 atom stereocenters. The van der Waals surface area contributed by atoms with Crippen LogP contribution in [0.5, 0.6) is 0 Å². The Morgan fingerprint density at radius 2 is 1.78 bits per heavy atom. The monoisotopic (exact) mass is 350 g/mol. The molecule has 0 aromatic heterocycles. The average molecular weight is 351 g/mol. The van der Waals surface area contributed by atoms with Crippen LogP contribution < -0.4 is 5.14 Å². The summed E-state index contributed by atoms with van der Waals surface area (Å²) in [7, 11) is -3.75. The van der Waals surface area contributed by atoms with Crippen molar-refractivity contribution in [2.45, 2.75) is 17.9 Å². The Bertz CT molecular complexity index is 863.